The van der Waals surface area contributed by atoms with E-state index in [-0.39, 0.29) is 12.0 Å². The van der Waals surface area contributed by atoms with Crippen LogP contribution in [0.4, 0.5) is 4.39 Å². The van der Waals surface area contributed by atoms with Crippen molar-refractivity contribution in [2.24, 2.45) is 5.92 Å². The molecule has 2 aromatic heterocycles. The van der Waals surface area contributed by atoms with Crippen LogP contribution in [-0.4, -0.2) is 21.2 Å². The third-order valence-corrected chi connectivity index (χ3v) is 7.39. The van der Waals surface area contributed by atoms with Gasteiger partial charge >= 0.3 is 0 Å². The van der Waals surface area contributed by atoms with Crippen LogP contribution in [-0.2, 0) is 0 Å². The SMILES string of the molecule is Cc1nc(F)ccc1-c1nc(C2C#CCC/C=C(C3CC(O)C3)\C=C/2)c(-c2ccccc2)s1. The van der Waals surface area contributed by atoms with Gasteiger partial charge in [0, 0.05) is 12.0 Å². The zero-order chi connectivity index (χ0) is 22.8. The van der Waals surface area contributed by atoms with Crippen molar-refractivity contribution < 1.29 is 9.50 Å². The molecule has 5 heteroatoms. The maximum atomic E-state index is 13.6. The van der Waals surface area contributed by atoms with Crippen LogP contribution in [0, 0.1) is 30.6 Å². The standard InChI is InChI=1S/C28H25FN2OS/c1-18-24(14-15-25(29)30-18)28-31-26(27(33-28)21-10-6-3-7-11-21)20-9-5-2-4-8-19(12-13-20)22-16-23(32)17-22/h3,6-8,10-15,20,22-23,32H,2,4,16-17H2,1H3/b13-12-,19-8+. The van der Waals surface area contributed by atoms with Crippen molar-refractivity contribution in [1.29, 1.82) is 0 Å². The van der Waals surface area contributed by atoms with E-state index in [0.29, 0.717) is 11.6 Å². The van der Waals surface area contributed by atoms with Gasteiger partial charge < -0.3 is 5.11 Å². The molecule has 0 bridgehead atoms. The number of benzene rings is 1. The molecular formula is C28H25FN2OS. The van der Waals surface area contributed by atoms with Gasteiger partial charge in [-0.15, -0.1) is 17.3 Å². The molecule has 166 valence electrons. The molecule has 3 aromatic rings. The van der Waals surface area contributed by atoms with Gasteiger partial charge in [0.1, 0.15) is 5.01 Å². The molecule has 1 saturated carbocycles. The van der Waals surface area contributed by atoms with E-state index in [2.05, 4.69) is 47.2 Å². The van der Waals surface area contributed by atoms with Crippen molar-refractivity contribution in [3.8, 4) is 32.9 Å². The van der Waals surface area contributed by atoms with Crippen LogP contribution in [0.15, 0.2) is 66.3 Å². The van der Waals surface area contributed by atoms with Gasteiger partial charge in [0.15, 0.2) is 0 Å². The number of aliphatic hydroxyl groups is 1. The number of halogens is 1. The number of thiazole rings is 1. The first-order valence-corrected chi connectivity index (χ1v) is 12.1. The van der Waals surface area contributed by atoms with Crippen LogP contribution >= 0.6 is 11.3 Å². The second-order valence-electron chi connectivity index (χ2n) is 8.59. The van der Waals surface area contributed by atoms with Gasteiger partial charge in [-0.05, 0) is 55.4 Å². The fourth-order valence-corrected chi connectivity index (χ4v) is 5.54. The lowest BCUT2D eigenvalue weighted by Gasteiger charge is -2.32. The van der Waals surface area contributed by atoms with E-state index in [0.717, 1.165) is 52.4 Å². The summed E-state index contributed by atoms with van der Waals surface area (Å²) in [5.74, 6) is 6.55. The highest BCUT2D eigenvalue weighted by atomic mass is 32.1. The lowest BCUT2D eigenvalue weighted by molar-refractivity contribution is 0.0595. The van der Waals surface area contributed by atoms with Gasteiger partial charge in [-0.25, -0.2) is 9.97 Å². The second-order valence-corrected chi connectivity index (χ2v) is 9.59. The molecule has 2 aliphatic rings. The van der Waals surface area contributed by atoms with E-state index in [1.54, 1.807) is 17.4 Å². The summed E-state index contributed by atoms with van der Waals surface area (Å²) in [5, 5.41) is 10.6. The van der Waals surface area contributed by atoms with Crippen LogP contribution in [0.2, 0.25) is 0 Å². The molecule has 2 aliphatic carbocycles. The Bertz CT molecular complexity index is 1280. The van der Waals surface area contributed by atoms with Gasteiger partial charge in [0.25, 0.3) is 0 Å². The Balaban J connectivity index is 1.58. The first kappa shape index (κ1) is 21.8. The summed E-state index contributed by atoms with van der Waals surface area (Å²) < 4.78 is 13.6. The average Bonchev–Trinajstić information content (AvgIpc) is 3.26. The molecule has 0 amide bonds. The van der Waals surface area contributed by atoms with E-state index in [9.17, 15) is 9.50 Å². The summed E-state index contributed by atoms with van der Waals surface area (Å²) in [5.41, 5.74) is 4.76. The number of aromatic nitrogens is 2. The highest BCUT2D eigenvalue weighted by Gasteiger charge is 2.29. The first-order chi connectivity index (χ1) is 16.1. The predicted molar refractivity (Wildman–Crippen MR) is 131 cm³/mol. The summed E-state index contributed by atoms with van der Waals surface area (Å²) in [6.45, 7) is 1.81. The largest absolute Gasteiger partial charge is 0.393 e. The summed E-state index contributed by atoms with van der Waals surface area (Å²) in [6.07, 6.45) is 9.79. The zero-order valence-corrected chi connectivity index (χ0v) is 19.3. The summed E-state index contributed by atoms with van der Waals surface area (Å²) in [4.78, 5) is 10.1. The number of hydrogen-bond acceptors (Lipinski definition) is 4. The lowest BCUT2D eigenvalue weighted by atomic mass is 9.76. The number of aliphatic hydroxyl groups excluding tert-OH is 1. The minimum atomic E-state index is -0.484. The molecule has 0 aliphatic heterocycles. The van der Waals surface area contributed by atoms with Crippen LogP contribution < -0.4 is 0 Å². The number of rotatable bonds is 4. The van der Waals surface area contributed by atoms with Crippen LogP contribution in [0.5, 0.6) is 0 Å². The lowest BCUT2D eigenvalue weighted by Crippen LogP contribution is -2.29. The number of pyridine rings is 1. The molecule has 2 heterocycles. The van der Waals surface area contributed by atoms with Gasteiger partial charge in [-0.2, -0.15) is 4.39 Å². The van der Waals surface area contributed by atoms with E-state index in [4.69, 9.17) is 4.98 Å². The normalized spacial score (nSPS) is 24.8. The van der Waals surface area contributed by atoms with Gasteiger partial charge in [0.2, 0.25) is 5.95 Å². The molecular weight excluding hydrogens is 431 g/mol. The van der Waals surface area contributed by atoms with Crippen LogP contribution in [0.1, 0.15) is 43.0 Å². The molecule has 1 fully saturated rings. The monoisotopic (exact) mass is 456 g/mol. The molecule has 0 spiro atoms. The van der Waals surface area contributed by atoms with Crippen LogP contribution in [0.25, 0.3) is 21.0 Å². The van der Waals surface area contributed by atoms with E-state index < -0.39 is 5.95 Å². The Labute approximate surface area is 197 Å². The minimum Gasteiger partial charge on any atom is -0.393 e. The maximum Gasteiger partial charge on any atom is 0.213 e. The minimum absolute atomic E-state index is 0.148. The fourth-order valence-electron chi connectivity index (χ4n) is 4.35. The van der Waals surface area contributed by atoms with Crippen LogP contribution in [0.3, 0.4) is 0 Å². The number of allylic oxidation sites excluding steroid dienone is 4. The molecule has 1 unspecified atom stereocenters. The summed E-state index contributed by atoms with van der Waals surface area (Å²) in [7, 11) is 0. The third-order valence-electron chi connectivity index (χ3n) is 6.24. The quantitative estimate of drug-likeness (QED) is 0.362. The van der Waals surface area contributed by atoms with Crippen molar-refractivity contribution in [3.05, 3.63) is 83.6 Å². The smallest absolute Gasteiger partial charge is 0.213 e. The summed E-state index contributed by atoms with van der Waals surface area (Å²) >= 11 is 1.60. The molecule has 0 saturated heterocycles. The van der Waals surface area contributed by atoms with Crippen molar-refractivity contribution in [1.82, 2.24) is 9.97 Å². The van der Waals surface area contributed by atoms with Gasteiger partial charge in [0.05, 0.1) is 28.3 Å². The Morgan fingerprint density at radius 2 is 1.91 bits per heavy atom. The molecule has 3 nitrogen and oxygen atoms in total. The fraction of sp³-hybridized carbons (Fsp3) is 0.286. The Morgan fingerprint density at radius 3 is 2.67 bits per heavy atom. The zero-order valence-electron chi connectivity index (χ0n) is 18.5. The van der Waals surface area contributed by atoms with E-state index in [1.165, 1.54) is 11.6 Å². The molecule has 1 atom stereocenters. The highest BCUT2D eigenvalue weighted by Crippen LogP contribution is 2.41. The average molecular weight is 457 g/mol. The third kappa shape index (κ3) is 4.68. The van der Waals surface area contributed by atoms with Crippen molar-refractivity contribution in [2.75, 3.05) is 0 Å². The second kappa shape index (κ2) is 9.43. The van der Waals surface area contributed by atoms with Gasteiger partial charge in [-0.1, -0.05) is 54.5 Å². The Morgan fingerprint density at radius 1 is 1.09 bits per heavy atom. The maximum absolute atomic E-state index is 13.6. The highest BCUT2D eigenvalue weighted by molar-refractivity contribution is 7.18. The predicted octanol–water partition coefficient (Wildman–Crippen LogP) is 6.45. The molecule has 5 rings (SSSR count). The number of hydrogen-bond donors (Lipinski definition) is 1. The topological polar surface area (TPSA) is 46.0 Å². The van der Waals surface area contributed by atoms with Crippen molar-refractivity contribution in [2.45, 2.75) is 44.6 Å². The number of nitrogens with zero attached hydrogens (tertiary/aromatic N) is 2. The van der Waals surface area contributed by atoms with Crippen molar-refractivity contribution in [3.63, 3.8) is 0 Å². The first-order valence-electron chi connectivity index (χ1n) is 11.3. The van der Waals surface area contributed by atoms with E-state index >= 15 is 0 Å². The Hall–Kier alpha value is -3.07. The summed E-state index contributed by atoms with van der Waals surface area (Å²) in [6, 6.07) is 13.4. The Kier molecular flexibility index (Phi) is 6.22. The van der Waals surface area contributed by atoms with Gasteiger partial charge in [-0.3, -0.25) is 0 Å². The molecule has 33 heavy (non-hydrogen) atoms. The molecule has 1 N–H and O–H groups in total. The number of aryl methyl sites for hydroxylation is 1. The van der Waals surface area contributed by atoms with E-state index in [1.807, 2.05) is 25.1 Å². The van der Waals surface area contributed by atoms with Crippen molar-refractivity contribution >= 4 is 11.3 Å². The molecule has 0 radical (unpaired) electrons. The molecule has 1 aromatic carbocycles.